The molecule has 0 spiro atoms. The molecular formula is C23H25IN2O2. The highest BCUT2D eigenvalue weighted by Gasteiger charge is 2.51. The lowest BCUT2D eigenvalue weighted by molar-refractivity contribution is -0.501. The van der Waals surface area contributed by atoms with Crippen LogP contribution in [0.2, 0.25) is 0 Å². The summed E-state index contributed by atoms with van der Waals surface area (Å²) in [5.41, 5.74) is 5.68. The Labute approximate surface area is 183 Å². The molecule has 1 heterocycles. The molecule has 5 heteroatoms. The van der Waals surface area contributed by atoms with Crippen molar-refractivity contribution in [3.8, 4) is 17.6 Å². The fourth-order valence-corrected chi connectivity index (χ4v) is 4.74. The van der Waals surface area contributed by atoms with E-state index in [2.05, 4.69) is 42.0 Å². The molecular weight excluding hydrogens is 463 g/mol. The highest BCUT2D eigenvalue weighted by Crippen LogP contribution is 2.49. The van der Waals surface area contributed by atoms with Crippen molar-refractivity contribution in [2.75, 3.05) is 27.8 Å². The Hall–Kier alpha value is -2.07. The lowest BCUT2D eigenvalue weighted by Crippen LogP contribution is -3.00. The van der Waals surface area contributed by atoms with Gasteiger partial charge in [0.05, 0.1) is 31.3 Å². The lowest BCUT2D eigenvalue weighted by Gasteiger charge is -2.43. The fraction of sp³-hybridized carbons (Fsp3) is 0.391. The zero-order chi connectivity index (χ0) is 19.0. The van der Waals surface area contributed by atoms with Crippen molar-refractivity contribution in [3.63, 3.8) is 0 Å². The van der Waals surface area contributed by atoms with E-state index in [0.29, 0.717) is 0 Å². The van der Waals surface area contributed by atoms with Gasteiger partial charge < -0.3 is 33.5 Å². The second-order valence-corrected chi connectivity index (χ2v) is 7.48. The van der Waals surface area contributed by atoms with Crippen molar-refractivity contribution in [2.45, 2.75) is 31.1 Å². The monoisotopic (exact) mass is 488 g/mol. The third-order valence-corrected chi connectivity index (χ3v) is 6.19. The van der Waals surface area contributed by atoms with Gasteiger partial charge in [-0.15, -0.1) is 0 Å². The van der Waals surface area contributed by atoms with E-state index in [4.69, 9.17) is 9.47 Å². The quantitative estimate of drug-likeness (QED) is 0.470. The Bertz CT molecular complexity index is 971. The number of methoxy groups -OCH3 is 2. The lowest BCUT2D eigenvalue weighted by atomic mass is 9.58. The van der Waals surface area contributed by atoms with Crippen LogP contribution >= 0.6 is 0 Å². The van der Waals surface area contributed by atoms with Gasteiger partial charge in [-0.3, -0.25) is 0 Å². The molecule has 0 radical (unpaired) electrons. The molecule has 4 nitrogen and oxygen atoms in total. The van der Waals surface area contributed by atoms with Crippen LogP contribution in [0.4, 0.5) is 0 Å². The predicted octanol–water partition coefficient (Wildman–Crippen LogP) is 0.689. The number of rotatable bonds is 4. The number of hydrogen-bond acceptors (Lipinski definition) is 3. The highest BCUT2D eigenvalue weighted by molar-refractivity contribution is 6.07. The first-order valence-corrected chi connectivity index (χ1v) is 9.48. The molecule has 0 unspecified atom stereocenters. The van der Waals surface area contributed by atoms with Crippen LogP contribution in [0.15, 0.2) is 36.4 Å². The third kappa shape index (κ3) is 3.08. The first kappa shape index (κ1) is 20.7. The molecule has 0 N–H and O–H groups in total. The first-order chi connectivity index (χ1) is 13.1. The van der Waals surface area contributed by atoms with Crippen molar-refractivity contribution in [2.24, 2.45) is 0 Å². The van der Waals surface area contributed by atoms with Gasteiger partial charge in [0, 0.05) is 12.0 Å². The maximum absolute atomic E-state index is 9.70. The zero-order valence-electron chi connectivity index (χ0n) is 16.6. The average molecular weight is 488 g/mol. The minimum atomic E-state index is -0.101. The summed E-state index contributed by atoms with van der Waals surface area (Å²) < 4.78 is 13.5. The van der Waals surface area contributed by atoms with Crippen molar-refractivity contribution < 1.29 is 38.0 Å². The van der Waals surface area contributed by atoms with Gasteiger partial charge in [0.2, 0.25) is 0 Å². The van der Waals surface area contributed by atoms with Gasteiger partial charge in [0.25, 0.3) is 0 Å². The second kappa shape index (κ2) is 8.12. The summed E-state index contributed by atoms with van der Waals surface area (Å²) in [4.78, 5) is 0. The Morgan fingerprint density at radius 2 is 1.75 bits per heavy atom. The number of benzene rings is 2. The van der Waals surface area contributed by atoms with Crippen molar-refractivity contribution in [3.05, 3.63) is 58.7 Å². The Kier molecular flexibility index (Phi) is 5.99. The summed E-state index contributed by atoms with van der Waals surface area (Å²) in [5.74, 6) is 1.53. The summed E-state index contributed by atoms with van der Waals surface area (Å²) in [6.07, 6.45) is 4.30. The maximum Gasteiger partial charge on any atom is 0.194 e. The predicted molar refractivity (Wildman–Crippen MR) is 105 cm³/mol. The summed E-state index contributed by atoms with van der Waals surface area (Å²) in [6.45, 7) is 0.967. The molecule has 1 aliphatic carbocycles. The number of ether oxygens (including phenoxy) is 2. The number of halogens is 1. The summed E-state index contributed by atoms with van der Waals surface area (Å²) >= 11 is 0. The Morgan fingerprint density at radius 1 is 1.07 bits per heavy atom. The highest BCUT2D eigenvalue weighted by atomic mass is 127. The van der Waals surface area contributed by atoms with E-state index in [-0.39, 0.29) is 29.4 Å². The molecule has 0 amide bonds. The van der Waals surface area contributed by atoms with E-state index < -0.39 is 0 Å². The molecule has 4 rings (SSSR count). The third-order valence-electron chi connectivity index (χ3n) is 6.19. The largest absolute Gasteiger partial charge is 1.00 e. The molecule has 0 atom stereocenters. The average Bonchev–Trinajstić information content (AvgIpc) is 2.68. The van der Waals surface area contributed by atoms with Gasteiger partial charge in [-0.2, -0.15) is 5.26 Å². The number of nitrogens with zero attached hydrogens (tertiary/aromatic N) is 2. The van der Waals surface area contributed by atoms with Crippen molar-refractivity contribution in [1.82, 2.24) is 0 Å². The number of likely N-dealkylation sites (N-methyl/N-ethyl adjacent to an activating group) is 1. The van der Waals surface area contributed by atoms with Gasteiger partial charge in [0.15, 0.2) is 17.2 Å². The molecule has 1 aliphatic heterocycles. The summed E-state index contributed by atoms with van der Waals surface area (Å²) in [5, 5.41) is 9.70. The SMILES string of the molecule is COc1cc2c(cc1OC)C(C1(c3ccccc3C#N)CCC1)=[N+](C)CC2.[I-]. The van der Waals surface area contributed by atoms with Gasteiger partial charge in [-0.25, -0.2) is 4.58 Å². The summed E-state index contributed by atoms with van der Waals surface area (Å²) in [7, 11) is 5.53. The number of nitriles is 1. The van der Waals surface area contributed by atoms with Crippen LogP contribution in [0.3, 0.4) is 0 Å². The number of fused-ring (bicyclic) bond motifs is 1. The molecule has 1 fully saturated rings. The van der Waals surface area contributed by atoms with Crippen LogP contribution in [0.5, 0.6) is 11.5 Å². The van der Waals surface area contributed by atoms with Crippen LogP contribution in [-0.2, 0) is 11.8 Å². The van der Waals surface area contributed by atoms with E-state index >= 15 is 0 Å². The van der Waals surface area contributed by atoms with Crippen LogP contribution in [0.25, 0.3) is 0 Å². The molecule has 2 aromatic carbocycles. The van der Waals surface area contributed by atoms with E-state index in [1.165, 1.54) is 23.3 Å². The smallest absolute Gasteiger partial charge is 0.194 e. The molecule has 146 valence electrons. The van der Waals surface area contributed by atoms with E-state index in [0.717, 1.165) is 48.4 Å². The Morgan fingerprint density at radius 3 is 2.36 bits per heavy atom. The number of hydrogen-bond donors (Lipinski definition) is 0. The molecule has 2 aliphatic rings. The molecule has 0 saturated heterocycles. The van der Waals surface area contributed by atoms with Crippen molar-refractivity contribution in [1.29, 1.82) is 5.26 Å². The van der Waals surface area contributed by atoms with E-state index in [9.17, 15) is 5.26 Å². The minimum Gasteiger partial charge on any atom is -1.00 e. The van der Waals surface area contributed by atoms with E-state index in [1.807, 2.05) is 12.1 Å². The van der Waals surface area contributed by atoms with Gasteiger partial charge in [0.1, 0.15) is 13.6 Å². The molecule has 0 bridgehead atoms. The maximum atomic E-state index is 9.70. The second-order valence-electron chi connectivity index (χ2n) is 7.48. The molecule has 0 aromatic heterocycles. The topological polar surface area (TPSA) is 45.3 Å². The minimum absolute atomic E-state index is 0. The molecule has 2 aromatic rings. The van der Waals surface area contributed by atoms with Crippen LogP contribution in [0, 0.1) is 11.3 Å². The van der Waals surface area contributed by atoms with Gasteiger partial charge >= 0.3 is 0 Å². The Balaban J connectivity index is 0.00000225. The zero-order valence-corrected chi connectivity index (χ0v) is 18.7. The normalized spacial score (nSPS) is 16.9. The van der Waals surface area contributed by atoms with Crippen LogP contribution in [-0.4, -0.2) is 38.1 Å². The standard InChI is InChI=1S/C23H25N2O2.HI/c1-25-12-9-16-13-20(26-2)21(27-3)14-18(16)22(25)23(10-6-11-23)19-8-5-4-7-17(19)15-24;/h4-5,7-8,13-14H,6,9-12H2,1-3H3;1H/q+1;/p-1. The van der Waals surface area contributed by atoms with Gasteiger partial charge in [-0.05, 0) is 42.2 Å². The first-order valence-electron chi connectivity index (χ1n) is 9.48. The summed E-state index contributed by atoms with van der Waals surface area (Å²) in [6, 6.07) is 14.7. The van der Waals surface area contributed by atoms with Crippen LogP contribution in [0.1, 0.15) is 41.5 Å². The fourth-order valence-electron chi connectivity index (χ4n) is 4.74. The van der Waals surface area contributed by atoms with Crippen molar-refractivity contribution >= 4 is 5.71 Å². The molecule has 28 heavy (non-hydrogen) atoms. The van der Waals surface area contributed by atoms with Crippen LogP contribution < -0.4 is 33.5 Å². The van der Waals surface area contributed by atoms with Gasteiger partial charge in [-0.1, -0.05) is 24.6 Å². The molecule has 1 saturated carbocycles. The van der Waals surface area contributed by atoms with E-state index in [1.54, 1.807) is 14.2 Å².